The molecule has 0 radical (unpaired) electrons. The van der Waals surface area contributed by atoms with Crippen molar-refractivity contribution in [3.63, 3.8) is 0 Å². The quantitative estimate of drug-likeness (QED) is 0.834. The molecule has 1 amide bonds. The Balaban J connectivity index is 2.69. The molecule has 1 aromatic carbocycles. The lowest BCUT2D eigenvalue weighted by atomic mass is 10.1. The molecule has 0 aliphatic rings. The fraction of sp³-hybridized carbons (Fsp3) is 0.385. The Hall–Kier alpha value is -1.47. The zero-order valence-corrected chi connectivity index (χ0v) is 11.1. The highest BCUT2D eigenvalue weighted by atomic mass is 32.2. The Morgan fingerprint density at radius 1 is 1.35 bits per heavy atom. The molecule has 0 unspecified atom stereocenters. The molecule has 4 heteroatoms. The van der Waals surface area contributed by atoms with Gasteiger partial charge in [-0.15, -0.1) is 11.8 Å². The molecule has 0 aliphatic carbocycles. The van der Waals surface area contributed by atoms with Crippen LogP contribution in [0.4, 0.5) is 5.69 Å². The molecule has 0 saturated carbocycles. The van der Waals surface area contributed by atoms with E-state index >= 15 is 0 Å². The Bertz CT molecular complexity index is 440. The van der Waals surface area contributed by atoms with Crippen LogP contribution in [0.3, 0.4) is 0 Å². The minimum absolute atomic E-state index is 0.0553. The van der Waals surface area contributed by atoms with Gasteiger partial charge in [0.2, 0.25) is 5.91 Å². The van der Waals surface area contributed by atoms with E-state index in [-0.39, 0.29) is 5.91 Å². The van der Waals surface area contributed by atoms with E-state index in [1.165, 1.54) is 17.3 Å². The maximum atomic E-state index is 11.6. The van der Waals surface area contributed by atoms with Gasteiger partial charge >= 0.3 is 0 Å². The number of nitrogens with one attached hydrogen (secondary N) is 1. The van der Waals surface area contributed by atoms with Crippen LogP contribution >= 0.6 is 11.8 Å². The predicted molar refractivity (Wildman–Crippen MR) is 72.2 cm³/mol. The topological polar surface area (TPSA) is 52.9 Å². The summed E-state index contributed by atoms with van der Waals surface area (Å²) in [4.78, 5) is 11.6. The summed E-state index contributed by atoms with van der Waals surface area (Å²) < 4.78 is 0. The highest BCUT2D eigenvalue weighted by molar-refractivity contribution is 8.00. The number of nitriles is 1. The number of hydrogen-bond acceptors (Lipinski definition) is 3. The van der Waals surface area contributed by atoms with Gasteiger partial charge in [-0.3, -0.25) is 4.79 Å². The summed E-state index contributed by atoms with van der Waals surface area (Å²) >= 11 is 1.32. The summed E-state index contributed by atoms with van der Waals surface area (Å²) in [5.41, 5.74) is 4.22. The molecule has 0 heterocycles. The van der Waals surface area contributed by atoms with Gasteiger partial charge in [0, 0.05) is 5.69 Å². The van der Waals surface area contributed by atoms with Gasteiger partial charge in [0.15, 0.2) is 0 Å². The van der Waals surface area contributed by atoms with E-state index in [0.29, 0.717) is 11.5 Å². The Morgan fingerprint density at radius 3 is 2.47 bits per heavy atom. The third-order valence-electron chi connectivity index (χ3n) is 2.34. The van der Waals surface area contributed by atoms with Crippen LogP contribution in [0.2, 0.25) is 0 Å². The standard InChI is InChI=1S/C13H16N2OS/c1-9-6-10(2)13(11(3)7-9)15-12(16)8-17-5-4-14/h6-7H,5,8H2,1-3H3,(H,15,16). The van der Waals surface area contributed by atoms with E-state index in [0.717, 1.165) is 16.8 Å². The van der Waals surface area contributed by atoms with Crippen molar-refractivity contribution < 1.29 is 4.79 Å². The second-order valence-corrected chi connectivity index (χ2v) is 4.96. The van der Waals surface area contributed by atoms with Crippen molar-refractivity contribution in [1.82, 2.24) is 0 Å². The average molecular weight is 248 g/mol. The molecule has 0 saturated heterocycles. The van der Waals surface area contributed by atoms with Crippen LogP contribution in [0.25, 0.3) is 0 Å². The minimum Gasteiger partial charge on any atom is -0.325 e. The number of thioether (sulfide) groups is 1. The first-order valence-corrected chi connectivity index (χ1v) is 6.52. The van der Waals surface area contributed by atoms with Gasteiger partial charge in [-0.05, 0) is 31.9 Å². The molecule has 17 heavy (non-hydrogen) atoms. The number of benzene rings is 1. The number of hydrogen-bond donors (Lipinski definition) is 1. The van der Waals surface area contributed by atoms with E-state index in [1.807, 2.05) is 39.0 Å². The third kappa shape index (κ3) is 4.12. The molecule has 0 atom stereocenters. The van der Waals surface area contributed by atoms with E-state index in [4.69, 9.17) is 5.26 Å². The summed E-state index contributed by atoms with van der Waals surface area (Å²) in [5, 5.41) is 11.3. The van der Waals surface area contributed by atoms with Gasteiger partial charge in [-0.25, -0.2) is 0 Å². The number of carbonyl (C=O) groups excluding carboxylic acids is 1. The predicted octanol–water partition coefficient (Wildman–Crippen LogP) is 2.81. The molecule has 1 aromatic rings. The highest BCUT2D eigenvalue weighted by Crippen LogP contribution is 2.22. The van der Waals surface area contributed by atoms with E-state index < -0.39 is 0 Å². The first kappa shape index (κ1) is 13.6. The van der Waals surface area contributed by atoms with Gasteiger partial charge in [0.25, 0.3) is 0 Å². The lowest BCUT2D eigenvalue weighted by Crippen LogP contribution is -2.16. The van der Waals surface area contributed by atoms with E-state index in [2.05, 4.69) is 5.32 Å². The Kier molecular flexibility index (Phi) is 5.05. The van der Waals surface area contributed by atoms with Gasteiger partial charge in [0.05, 0.1) is 17.6 Å². The van der Waals surface area contributed by atoms with Gasteiger partial charge < -0.3 is 5.32 Å². The van der Waals surface area contributed by atoms with Crippen molar-refractivity contribution in [1.29, 1.82) is 5.26 Å². The SMILES string of the molecule is Cc1cc(C)c(NC(=O)CSCC#N)c(C)c1. The van der Waals surface area contributed by atoms with Crippen LogP contribution in [-0.4, -0.2) is 17.4 Å². The molecule has 0 aromatic heterocycles. The first-order valence-electron chi connectivity index (χ1n) is 5.37. The van der Waals surface area contributed by atoms with Gasteiger partial charge in [-0.1, -0.05) is 17.7 Å². The lowest BCUT2D eigenvalue weighted by molar-refractivity contribution is -0.113. The number of carbonyl (C=O) groups is 1. The molecular weight excluding hydrogens is 232 g/mol. The van der Waals surface area contributed by atoms with Crippen LogP contribution in [-0.2, 0) is 4.79 Å². The molecule has 3 nitrogen and oxygen atoms in total. The maximum Gasteiger partial charge on any atom is 0.234 e. The summed E-state index contributed by atoms with van der Waals surface area (Å²) in [7, 11) is 0. The highest BCUT2D eigenvalue weighted by Gasteiger charge is 2.07. The Morgan fingerprint density at radius 2 is 1.94 bits per heavy atom. The molecule has 0 bridgehead atoms. The van der Waals surface area contributed by atoms with Crippen molar-refractivity contribution in [2.75, 3.05) is 16.8 Å². The van der Waals surface area contributed by atoms with Crippen LogP contribution in [0.5, 0.6) is 0 Å². The summed E-state index contributed by atoms with van der Waals surface area (Å²) in [6, 6.07) is 6.09. The molecule has 1 N–H and O–H groups in total. The second kappa shape index (κ2) is 6.31. The van der Waals surface area contributed by atoms with Crippen molar-refractivity contribution >= 4 is 23.4 Å². The minimum atomic E-state index is -0.0553. The van der Waals surface area contributed by atoms with Crippen molar-refractivity contribution in [2.45, 2.75) is 20.8 Å². The second-order valence-electron chi connectivity index (χ2n) is 3.97. The zero-order valence-electron chi connectivity index (χ0n) is 10.3. The maximum absolute atomic E-state index is 11.6. The van der Waals surface area contributed by atoms with Gasteiger partial charge in [0.1, 0.15) is 0 Å². The molecular formula is C13H16N2OS. The molecule has 1 rings (SSSR count). The van der Waals surface area contributed by atoms with E-state index in [1.54, 1.807) is 0 Å². The number of anilines is 1. The van der Waals surface area contributed by atoms with Crippen molar-refractivity contribution in [3.8, 4) is 6.07 Å². The number of nitrogens with zero attached hydrogens (tertiary/aromatic N) is 1. The zero-order chi connectivity index (χ0) is 12.8. The number of aryl methyl sites for hydroxylation is 3. The number of amides is 1. The van der Waals surface area contributed by atoms with Crippen molar-refractivity contribution in [2.24, 2.45) is 0 Å². The monoisotopic (exact) mass is 248 g/mol. The first-order chi connectivity index (χ1) is 8.04. The number of rotatable bonds is 4. The smallest absolute Gasteiger partial charge is 0.234 e. The molecule has 0 fully saturated rings. The fourth-order valence-electron chi connectivity index (χ4n) is 1.74. The fourth-order valence-corrected chi connectivity index (χ4v) is 2.19. The van der Waals surface area contributed by atoms with Crippen LogP contribution < -0.4 is 5.32 Å². The summed E-state index contributed by atoms with van der Waals surface area (Å²) in [6.45, 7) is 6.00. The van der Waals surface area contributed by atoms with Crippen LogP contribution in [0, 0.1) is 32.1 Å². The van der Waals surface area contributed by atoms with Gasteiger partial charge in [-0.2, -0.15) is 5.26 Å². The van der Waals surface area contributed by atoms with Crippen LogP contribution in [0.15, 0.2) is 12.1 Å². The average Bonchev–Trinajstić information content (AvgIpc) is 2.24. The van der Waals surface area contributed by atoms with E-state index in [9.17, 15) is 4.79 Å². The summed E-state index contributed by atoms with van der Waals surface area (Å²) in [6.07, 6.45) is 0. The summed E-state index contributed by atoms with van der Waals surface area (Å²) in [5.74, 6) is 0.611. The molecule has 90 valence electrons. The Labute approximate surface area is 106 Å². The van der Waals surface area contributed by atoms with Crippen molar-refractivity contribution in [3.05, 3.63) is 28.8 Å². The van der Waals surface area contributed by atoms with Crippen LogP contribution in [0.1, 0.15) is 16.7 Å². The lowest BCUT2D eigenvalue weighted by Gasteiger charge is -2.12. The third-order valence-corrected chi connectivity index (χ3v) is 3.14. The normalized spacial score (nSPS) is 9.76. The molecule has 0 spiro atoms. The molecule has 0 aliphatic heterocycles. The largest absolute Gasteiger partial charge is 0.325 e.